The van der Waals surface area contributed by atoms with E-state index in [0.29, 0.717) is 18.2 Å². The first-order valence-electron chi connectivity index (χ1n) is 9.29. The average Bonchev–Trinajstić information content (AvgIpc) is 3.09. The Balaban J connectivity index is 1.71. The van der Waals surface area contributed by atoms with E-state index in [-0.39, 0.29) is 23.8 Å². The minimum atomic E-state index is -0.523. The Morgan fingerprint density at radius 3 is 2.43 bits per heavy atom. The highest BCUT2D eigenvalue weighted by molar-refractivity contribution is 6.06. The maximum atomic E-state index is 12.7. The lowest BCUT2D eigenvalue weighted by molar-refractivity contribution is -0.122. The molecule has 0 spiro atoms. The van der Waals surface area contributed by atoms with Crippen LogP contribution in [0.5, 0.6) is 0 Å². The number of anilines is 2. The van der Waals surface area contributed by atoms with Crippen molar-refractivity contribution in [3.63, 3.8) is 0 Å². The standard InChI is InChI=1S/C22H24N2O4/c1-14(2)15-8-10-17(11-9-15)24-13-16(12-20(24)25)21(26)23-19-7-5-4-6-18(19)22(27)28-3/h4-11,14,16H,12-13H2,1-3H3,(H,23,26)/t16-/m1/s1. The second kappa shape index (κ2) is 8.25. The number of carbonyl (C=O) groups excluding carboxylic acids is 3. The number of hydrogen-bond acceptors (Lipinski definition) is 4. The molecular formula is C22H24N2O4. The Morgan fingerprint density at radius 1 is 1.11 bits per heavy atom. The van der Waals surface area contributed by atoms with Crippen molar-refractivity contribution in [1.82, 2.24) is 0 Å². The van der Waals surface area contributed by atoms with Gasteiger partial charge in [0.1, 0.15) is 0 Å². The van der Waals surface area contributed by atoms with Gasteiger partial charge >= 0.3 is 5.97 Å². The van der Waals surface area contributed by atoms with Gasteiger partial charge in [0.2, 0.25) is 11.8 Å². The first-order chi connectivity index (χ1) is 13.4. The van der Waals surface area contributed by atoms with Gasteiger partial charge in [-0.05, 0) is 35.7 Å². The van der Waals surface area contributed by atoms with Crippen molar-refractivity contribution in [3.8, 4) is 0 Å². The number of nitrogens with zero attached hydrogens (tertiary/aromatic N) is 1. The third-order valence-corrected chi connectivity index (χ3v) is 4.96. The Labute approximate surface area is 164 Å². The monoisotopic (exact) mass is 380 g/mol. The second-order valence-corrected chi connectivity index (χ2v) is 7.18. The van der Waals surface area contributed by atoms with Crippen molar-refractivity contribution in [2.24, 2.45) is 5.92 Å². The van der Waals surface area contributed by atoms with Gasteiger partial charge in [-0.2, -0.15) is 0 Å². The summed E-state index contributed by atoms with van der Waals surface area (Å²) in [6, 6.07) is 14.5. The van der Waals surface area contributed by atoms with Gasteiger partial charge in [0, 0.05) is 18.7 Å². The Bertz CT molecular complexity index is 890. The number of hydrogen-bond donors (Lipinski definition) is 1. The van der Waals surface area contributed by atoms with Gasteiger partial charge in [0.15, 0.2) is 0 Å². The fourth-order valence-corrected chi connectivity index (χ4v) is 3.29. The van der Waals surface area contributed by atoms with Gasteiger partial charge in [-0.25, -0.2) is 4.79 Å². The zero-order chi connectivity index (χ0) is 20.3. The Hall–Kier alpha value is -3.15. The lowest BCUT2D eigenvalue weighted by Gasteiger charge is -2.18. The molecule has 1 fully saturated rings. The molecule has 0 unspecified atom stereocenters. The van der Waals surface area contributed by atoms with Crippen LogP contribution in [0.2, 0.25) is 0 Å². The van der Waals surface area contributed by atoms with E-state index < -0.39 is 11.9 Å². The maximum Gasteiger partial charge on any atom is 0.339 e. The van der Waals surface area contributed by atoms with E-state index in [1.807, 2.05) is 24.3 Å². The van der Waals surface area contributed by atoms with Crippen LogP contribution in [0.25, 0.3) is 0 Å². The van der Waals surface area contributed by atoms with Crippen molar-refractivity contribution >= 4 is 29.2 Å². The molecule has 3 rings (SSSR count). The molecule has 0 aromatic heterocycles. The summed E-state index contributed by atoms with van der Waals surface area (Å²) >= 11 is 0. The van der Waals surface area contributed by atoms with E-state index >= 15 is 0 Å². The minimum absolute atomic E-state index is 0.0845. The second-order valence-electron chi connectivity index (χ2n) is 7.18. The smallest absolute Gasteiger partial charge is 0.339 e. The van der Waals surface area contributed by atoms with E-state index in [1.54, 1.807) is 29.2 Å². The van der Waals surface area contributed by atoms with Gasteiger partial charge in [-0.1, -0.05) is 38.1 Å². The Kier molecular flexibility index (Phi) is 5.78. The summed E-state index contributed by atoms with van der Waals surface area (Å²) in [6.45, 7) is 4.54. The molecule has 1 heterocycles. The molecule has 0 saturated carbocycles. The number of para-hydroxylation sites is 1. The lowest BCUT2D eigenvalue weighted by atomic mass is 10.0. The zero-order valence-electron chi connectivity index (χ0n) is 16.3. The number of benzene rings is 2. The maximum absolute atomic E-state index is 12.7. The molecule has 6 nitrogen and oxygen atoms in total. The highest BCUT2D eigenvalue weighted by atomic mass is 16.5. The Morgan fingerprint density at radius 2 is 1.79 bits per heavy atom. The van der Waals surface area contributed by atoms with E-state index in [9.17, 15) is 14.4 Å². The predicted molar refractivity (Wildman–Crippen MR) is 107 cm³/mol. The molecule has 2 aromatic carbocycles. The number of nitrogens with one attached hydrogen (secondary N) is 1. The molecule has 0 bridgehead atoms. The average molecular weight is 380 g/mol. The van der Waals surface area contributed by atoms with Gasteiger partial charge in [-0.3, -0.25) is 9.59 Å². The molecule has 1 aliphatic heterocycles. The van der Waals surface area contributed by atoms with E-state index in [4.69, 9.17) is 4.74 Å². The van der Waals surface area contributed by atoms with E-state index in [0.717, 1.165) is 5.69 Å². The van der Waals surface area contributed by atoms with Crippen LogP contribution >= 0.6 is 0 Å². The normalized spacial score (nSPS) is 16.4. The topological polar surface area (TPSA) is 75.7 Å². The fourth-order valence-electron chi connectivity index (χ4n) is 3.29. The van der Waals surface area contributed by atoms with Crippen LogP contribution in [0.3, 0.4) is 0 Å². The first-order valence-corrected chi connectivity index (χ1v) is 9.29. The molecule has 0 aliphatic carbocycles. The summed E-state index contributed by atoms with van der Waals surface area (Å²) in [5.41, 5.74) is 2.65. The highest BCUT2D eigenvalue weighted by Crippen LogP contribution is 2.28. The number of esters is 1. The van der Waals surface area contributed by atoms with Gasteiger partial charge in [0.05, 0.1) is 24.3 Å². The number of rotatable bonds is 5. The van der Waals surface area contributed by atoms with E-state index in [2.05, 4.69) is 19.2 Å². The summed E-state index contributed by atoms with van der Waals surface area (Å²) in [4.78, 5) is 38.7. The van der Waals surface area contributed by atoms with Crippen LogP contribution < -0.4 is 10.2 Å². The van der Waals surface area contributed by atoms with Gasteiger partial charge in [-0.15, -0.1) is 0 Å². The quantitative estimate of drug-likeness (QED) is 0.805. The molecule has 28 heavy (non-hydrogen) atoms. The summed E-state index contributed by atoms with van der Waals surface area (Å²) < 4.78 is 4.75. The van der Waals surface area contributed by atoms with Crippen LogP contribution in [0, 0.1) is 5.92 Å². The molecule has 146 valence electrons. The summed E-state index contributed by atoms with van der Waals surface area (Å²) in [5, 5.41) is 2.77. The molecule has 6 heteroatoms. The SMILES string of the molecule is COC(=O)c1ccccc1NC(=O)[C@@H]1CC(=O)N(c2ccc(C(C)C)cc2)C1. The van der Waals surface area contributed by atoms with Crippen molar-refractivity contribution in [1.29, 1.82) is 0 Å². The fraction of sp³-hybridized carbons (Fsp3) is 0.318. The largest absolute Gasteiger partial charge is 0.465 e. The molecule has 1 saturated heterocycles. The van der Waals surface area contributed by atoms with Crippen molar-refractivity contribution in [2.45, 2.75) is 26.2 Å². The molecule has 2 amide bonds. The molecular weight excluding hydrogens is 356 g/mol. The molecule has 1 N–H and O–H groups in total. The van der Waals surface area contributed by atoms with Gasteiger partial charge < -0.3 is 15.0 Å². The van der Waals surface area contributed by atoms with Crippen LogP contribution in [-0.2, 0) is 14.3 Å². The summed E-state index contributed by atoms with van der Waals surface area (Å²) in [5.74, 6) is -0.963. The number of amides is 2. The van der Waals surface area contributed by atoms with Crippen molar-refractivity contribution in [3.05, 3.63) is 59.7 Å². The molecule has 1 atom stereocenters. The van der Waals surface area contributed by atoms with Crippen molar-refractivity contribution < 1.29 is 19.1 Å². The number of ether oxygens (including phenoxy) is 1. The lowest BCUT2D eigenvalue weighted by Crippen LogP contribution is -2.28. The molecule has 1 aliphatic rings. The summed E-state index contributed by atoms with van der Waals surface area (Å²) in [7, 11) is 1.29. The van der Waals surface area contributed by atoms with Crippen LogP contribution in [0.15, 0.2) is 48.5 Å². The summed E-state index contributed by atoms with van der Waals surface area (Å²) in [6.07, 6.45) is 0.137. The van der Waals surface area contributed by atoms with Crippen LogP contribution in [0.4, 0.5) is 11.4 Å². The first kappa shape index (κ1) is 19.6. The zero-order valence-corrected chi connectivity index (χ0v) is 16.3. The third-order valence-electron chi connectivity index (χ3n) is 4.96. The van der Waals surface area contributed by atoms with Crippen LogP contribution in [0.1, 0.15) is 42.1 Å². The van der Waals surface area contributed by atoms with Crippen molar-refractivity contribution in [2.75, 3.05) is 23.9 Å². The van der Waals surface area contributed by atoms with Crippen LogP contribution in [-0.4, -0.2) is 31.4 Å². The number of carbonyl (C=O) groups is 3. The predicted octanol–water partition coefficient (Wildman–Crippen LogP) is 3.59. The van der Waals surface area contributed by atoms with Gasteiger partial charge in [0.25, 0.3) is 0 Å². The third kappa shape index (κ3) is 4.06. The minimum Gasteiger partial charge on any atom is -0.465 e. The highest BCUT2D eigenvalue weighted by Gasteiger charge is 2.35. The molecule has 0 radical (unpaired) electrons. The molecule has 2 aromatic rings. The van der Waals surface area contributed by atoms with E-state index in [1.165, 1.54) is 12.7 Å². The number of methoxy groups -OCH3 is 1.